The smallest absolute Gasteiger partial charge is 0.260 e. The van der Waals surface area contributed by atoms with Crippen molar-refractivity contribution < 1.29 is 9.53 Å². The van der Waals surface area contributed by atoms with Crippen molar-refractivity contribution in [3.63, 3.8) is 0 Å². The van der Waals surface area contributed by atoms with Crippen LogP contribution in [0.2, 0.25) is 0 Å². The molecule has 0 radical (unpaired) electrons. The highest BCUT2D eigenvalue weighted by molar-refractivity contribution is 9.10. The second kappa shape index (κ2) is 7.99. The number of hydrogen-bond donors (Lipinski definition) is 1. The van der Waals surface area contributed by atoms with E-state index in [9.17, 15) is 4.79 Å². The molecule has 0 aliphatic carbocycles. The fourth-order valence-electron chi connectivity index (χ4n) is 2.71. The molecule has 1 atom stereocenters. The van der Waals surface area contributed by atoms with Crippen molar-refractivity contribution in [3.8, 4) is 5.75 Å². The number of hydrogen-bond acceptors (Lipinski definition) is 3. The first-order chi connectivity index (χ1) is 10.6. The number of nitrogens with zero attached hydrogens (tertiary/aromatic N) is 1. The van der Waals surface area contributed by atoms with Gasteiger partial charge in [-0.2, -0.15) is 0 Å². The lowest BCUT2D eigenvalue weighted by molar-refractivity contribution is -0.134. The molecule has 0 bridgehead atoms. The maximum absolute atomic E-state index is 12.2. The standard InChI is InChI=1S/C17H19BrN2O2.ClH/c1-12-10-20(9-8-19-12)16(21)11-22-15-7-6-13-4-2-3-5-14(13)17(15)18;/h2-7,12,19H,8-11H2,1H3;1H/t12-;/m1./s1. The number of ether oxygens (including phenoxy) is 1. The summed E-state index contributed by atoms with van der Waals surface area (Å²) in [4.78, 5) is 14.1. The van der Waals surface area contributed by atoms with Crippen LogP contribution < -0.4 is 10.1 Å². The van der Waals surface area contributed by atoms with Gasteiger partial charge in [-0.05, 0) is 39.7 Å². The lowest BCUT2D eigenvalue weighted by Gasteiger charge is -2.31. The number of halogens is 2. The largest absolute Gasteiger partial charge is 0.483 e. The van der Waals surface area contributed by atoms with Crippen molar-refractivity contribution in [1.29, 1.82) is 0 Å². The molecule has 23 heavy (non-hydrogen) atoms. The number of carbonyl (C=O) groups excluding carboxylic acids is 1. The predicted molar refractivity (Wildman–Crippen MR) is 98.4 cm³/mol. The van der Waals surface area contributed by atoms with Crippen LogP contribution in [0.1, 0.15) is 6.92 Å². The van der Waals surface area contributed by atoms with Gasteiger partial charge in [-0.3, -0.25) is 4.79 Å². The third kappa shape index (κ3) is 4.16. The lowest BCUT2D eigenvalue weighted by atomic mass is 10.1. The minimum atomic E-state index is 0. The molecule has 2 aromatic carbocycles. The summed E-state index contributed by atoms with van der Waals surface area (Å²) < 4.78 is 6.63. The van der Waals surface area contributed by atoms with Crippen molar-refractivity contribution in [2.75, 3.05) is 26.2 Å². The average Bonchev–Trinajstić information content (AvgIpc) is 2.54. The van der Waals surface area contributed by atoms with Gasteiger partial charge in [0.25, 0.3) is 5.91 Å². The predicted octanol–water partition coefficient (Wildman–Crippen LogP) is 3.22. The Bertz CT molecular complexity index is 695. The minimum absolute atomic E-state index is 0. The molecule has 1 heterocycles. The zero-order valence-corrected chi connectivity index (χ0v) is 15.3. The van der Waals surface area contributed by atoms with E-state index in [1.54, 1.807) is 0 Å². The van der Waals surface area contributed by atoms with Gasteiger partial charge in [0.2, 0.25) is 0 Å². The summed E-state index contributed by atoms with van der Waals surface area (Å²) in [5.41, 5.74) is 0. The Labute approximate surface area is 150 Å². The molecular weight excluding hydrogens is 380 g/mol. The molecular formula is C17H20BrClN2O2. The normalized spacial score (nSPS) is 17.7. The summed E-state index contributed by atoms with van der Waals surface area (Å²) in [5.74, 6) is 0.739. The van der Waals surface area contributed by atoms with E-state index in [2.05, 4.69) is 34.2 Å². The molecule has 1 N–H and O–H groups in total. The molecule has 0 unspecified atom stereocenters. The summed E-state index contributed by atoms with van der Waals surface area (Å²) in [6.07, 6.45) is 0. The van der Waals surface area contributed by atoms with Crippen LogP contribution in [-0.4, -0.2) is 43.1 Å². The van der Waals surface area contributed by atoms with E-state index in [0.29, 0.717) is 11.8 Å². The second-order valence-electron chi connectivity index (χ2n) is 5.58. The summed E-state index contributed by atoms with van der Waals surface area (Å²) >= 11 is 3.58. The highest BCUT2D eigenvalue weighted by Gasteiger charge is 2.21. The number of fused-ring (bicyclic) bond motifs is 1. The molecule has 3 rings (SSSR count). The maximum atomic E-state index is 12.2. The summed E-state index contributed by atoms with van der Waals surface area (Å²) in [6, 6.07) is 12.3. The zero-order chi connectivity index (χ0) is 15.5. The van der Waals surface area contributed by atoms with E-state index in [1.807, 2.05) is 35.2 Å². The number of carbonyl (C=O) groups is 1. The van der Waals surface area contributed by atoms with Crippen LogP contribution in [0, 0.1) is 0 Å². The highest BCUT2D eigenvalue weighted by Crippen LogP contribution is 2.33. The van der Waals surface area contributed by atoms with Crippen molar-refractivity contribution in [1.82, 2.24) is 10.2 Å². The summed E-state index contributed by atoms with van der Waals surface area (Å²) in [6.45, 7) is 4.48. The van der Waals surface area contributed by atoms with E-state index in [4.69, 9.17) is 4.74 Å². The SMILES string of the molecule is C[C@@H]1CN(C(=O)COc2ccc3ccccc3c2Br)CCN1.Cl. The Hall–Kier alpha value is -1.30. The third-order valence-electron chi connectivity index (χ3n) is 3.90. The molecule has 0 aromatic heterocycles. The van der Waals surface area contributed by atoms with Crippen molar-refractivity contribution >= 4 is 45.0 Å². The Kier molecular flexibility index (Phi) is 6.27. The van der Waals surface area contributed by atoms with Crippen molar-refractivity contribution in [2.45, 2.75) is 13.0 Å². The van der Waals surface area contributed by atoms with Gasteiger partial charge in [-0.1, -0.05) is 30.3 Å². The monoisotopic (exact) mass is 398 g/mol. The van der Waals surface area contributed by atoms with Gasteiger partial charge in [0.05, 0.1) is 4.47 Å². The molecule has 1 aliphatic heterocycles. The fourth-order valence-corrected chi connectivity index (χ4v) is 3.32. The molecule has 0 spiro atoms. The number of rotatable bonds is 3. The molecule has 1 fully saturated rings. The van der Waals surface area contributed by atoms with E-state index < -0.39 is 0 Å². The number of amides is 1. The minimum Gasteiger partial charge on any atom is -0.483 e. The number of piperazine rings is 1. The molecule has 6 heteroatoms. The first-order valence-corrected chi connectivity index (χ1v) is 8.25. The van der Waals surface area contributed by atoms with Crippen LogP contribution in [0.25, 0.3) is 10.8 Å². The van der Waals surface area contributed by atoms with Gasteiger partial charge in [0, 0.05) is 25.7 Å². The molecule has 1 amide bonds. The van der Waals surface area contributed by atoms with Gasteiger partial charge in [-0.15, -0.1) is 12.4 Å². The van der Waals surface area contributed by atoms with Crippen LogP contribution in [-0.2, 0) is 4.79 Å². The lowest BCUT2D eigenvalue weighted by Crippen LogP contribution is -2.52. The Morgan fingerprint density at radius 2 is 2.13 bits per heavy atom. The first kappa shape index (κ1) is 18.0. The van der Waals surface area contributed by atoms with Crippen molar-refractivity contribution in [3.05, 3.63) is 40.9 Å². The third-order valence-corrected chi connectivity index (χ3v) is 4.72. The van der Waals surface area contributed by atoms with Gasteiger partial charge in [0.15, 0.2) is 6.61 Å². The van der Waals surface area contributed by atoms with E-state index >= 15 is 0 Å². The van der Waals surface area contributed by atoms with Crippen LogP contribution >= 0.6 is 28.3 Å². The average molecular weight is 400 g/mol. The van der Waals surface area contributed by atoms with E-state index in [1.165, 1.54) is 0 Å². The molecule has 124 valence electrons. The highest BCUT2D eigenvalue weighted by atomic mass is 79.9. The first-order valence-electron chi connectivity index (χ1n) is 7.46. The van der Waals surface area contributed by atoms with Crippen LogP contribution in [0.15, 0.2) is 40.9 Å². The quantitative estimate of drug-likeness (QED) is 0.861. The van der Waals surface area contributed by atoms with Gasteiger partial charge >= 0.3 is 0 Å². The van der Waals surface area contributed by atoms with Crippen LogP contribution in [0.3, 0.4) is 0 Å². The number of nitrogens with one attached hydrogen (secondary N) is 1. The van der Waals surface area contributed by atoms with Gasteiger partial charge in [0.1, 0.15) is 5.75 Å². The van der Waals surface area contributed by atoms with Gasteiger partial charge in [-0.25, -0.2) is 0 Å². The van der Waals surface area contributed by atoms with Gasteiger partial charge < -0.3 is 15.0 Å². The maximum Gasteiger partial charge on any atom is 0.260 e. The molecule has 2 aromatic rings. The van der Waals surface area contributed by atoms with Crippen molar-refractivity contribution in [2.24, 2.45) is 0 Å². The molecule has 0 saturated carbocycles. The Balaban J connectivity index is 0.00000192. The molecule has 1 aliphatic rings. The Morgan fingerprint density at radius 1 is 1.35 bits per heavy atom. The van der Waals surface area contributed by atoms with Crippen LogP contribution in [0.5, 0.6) is 5.75 Å². The van der Waals surface area contributed by atoms with E-state index in [0.717, 1.165) is 34.9 Å². The fraction of sp³-hybridized carbons (Fsp3) is 0.353. The summed E-state index contributed by atoms with van der Waals surface area (Å²) in [5, 5.41) is 5.56. The molecule has 1 saturated heterocycles. The Morgan fingerprint density at radius 3 is 2.91 bits per heavy atom. The summed E-state index contributed by atoms with van der Waals surface area (Å²) in [7, 11) is 0. The topological polar surface area (TPSA) is 41.6 Å². The second-order valence-corrected chi connectivity index (χ2v) is 6.38. The van der Waals surface area contributed by atoms with Crippen LogP contribution in [0.4, 0.5) is 0 Å². The number of benzene rings is 2. The zero-order valence-electron chi connectivity index (χ0n) is 12.9. The van der Waals surface area contributed by atoms with E-state index in [-0.39, 0.29) is 24.9 Å². The molecule has 4 nitrogen and oxygen atoms in total.